The number of ether oxygens (including phenoxy) is 2. The molecule has 2 rings (SSSR count). The molecule has 1 aromatic rings. The maximum Gasteiger partial charge on any atom is 0.239 e. The first-order valence-corrected chi connectivity index (χ1v) is 6.50. The van der Waals surface area contributed by atoms with Gasteiger partial charge in [-0.25, -0.2) is 0 Å². The largest absolute Gasteiger partial charge is 0.476 e. The fourth-order valence-electron chi connectivity index (χ4n) is 1.59. The lowest BCUT2D eigenvalue weighted by molar-refractivity contribution is 0.134. The molecule has 0 aromatic carbocycles. The van der Waals surface area contributed by atoms with Crippen LogP contribution in [0.25, 0.3) is 0 Å². The lowest BCUT2D eigenvalue weighted by Gasteiger charge is -2.10. The number of anilines is 2. The number of hydrogen-bond acceptors (Lipinski definition) is 5. The number of rotatable bonds is 8. The van der Waals surface area contributed by atoms with Crippen molar-refractivity contribution in [3.05, 3.63) is 12.1 Å². The zero-order valence-electron chi connectivity index (χ0n) is 10.8. The van der Waals surface area contributed by atoms with Gasteiger partial charge in [-0.2, -0.15) is 4.98 Å². The first kappa shape index (κ1) is 13.0. The van der Waals surface area contributed by atoms with Gasteiger partial charge in [-0.05, 0) is 37.8 Å². The quantitative estimate of drug-likeness (QED) is 0.691. The van der Waals surface area contributed by atoms with Crippen LogP contribution >= 0.6 is 0 Å². The van der Waals surface area contributed by atoms with Crippen molar-refractivity contribution in [3.8, 4) is 5.88 Å². The maximum absolute atomic E-state index is 5.75. The molecule has 3 N–H and O–H groups in total. The zero-order valence-corrected chi connectivity index (χ0v) is 10.8. The van der Waals surface area contributed by atoms with Crippen LogP contribution in [0.4, 0.5) is 11.5 Å². The molecule has 0 saturated heterocycles. The number of hydrogen-bond donors (Lipinski definition) is 2. The molecule has 100 valence electrons. The number of nitrogens with one attached hydrogen (secondary N) is 1. The van der Waals surface area contributed by atoms with Gasteiger partial charge in [-0.3, -0.25) is 0 Å². The Labute approximate surface area is 108 Å². The Morgan fingerprint density at radius 1 is 1.44 bits per heavy atom. The van der Waals surface area contributed by atoms with E-state index >= 15 is 0 Å². The second-order valence-corrected chi connectivity index (χ2v) is 4.47. The van der Waals surface area contributed by atoms with Gasteiger partial charge < -0.3 is 20.5 Å². The van der Waals surface area contributed by atoms with Gasteiger partial charge >= 0.3 is 0 Å². The second-order valence-electron chi connectivity index (χ2n) is 4.47. The third-order valence-corrected chi connectivity index (χ3v) is 2.77. The van der Waals surface area contributed by atoms with Gasteiger partial charge in [-0.15, -0.1) is 0 Å². The molecule has 1 aliphatic carbocycles. The Bertz CT molecular complexity index is 380. The Balaban J connectivity index is 1.71. The van der Waals surface area contributed by atoms with Crippen molar-refractivity contribution in [2.45, 2.75) is 19.8 Å². The molecule has 0 atom stereocenters. The van der Waals surface area contributed by atoms with Crippen LogP contribution in [0.1, 0.15) is 19.8 Å². The van der Waals surface area contributed by atoms with Crippen LogP contribution in [-0.4, -0.2) is 31.3 Å². The second kappa shape index (κ2) is 6.44. The van der Waals surface area contributed by atoms with E-state index in [1.807, 2.05) is 13.0 Å². The van der Waals surface area contributed by atoms with E-state index in [9.17, 15) is 0 Å². The highest BCUT2D eigenvalue weighted by Crippen LogP contribution is 2.28. The van der Waals surface area contributed by atoms with Gasteiger partial charge in [0, 0.05) is 13.2 Å². The first-order valence-electron chi connectivity index (χ1n) is 6.50. The zero-order chi connectivity index (χ0) is 12.8. The van der Waals surface area contributed by atoms with Gasteiger partial charge in [0.15, 0.2) is 0 Å². The van der Waals surface area contributed by atoms with E-state index in [2.05, 4.69) is 10.3 Å². The van der Waals surface area contributed by atoms with Crippen molar-refractivity contribution >= 4 is 11.5 Å². The fraction of sp³-hybridized carbons (Fsp3) is 0.615. The molecule has 0 aliphatic heterocycles. The number of aromatic nitrogens is 1. The van der Waals surface area contributed by atoms with Crippen LogP contribution in [0.3, 0.4) is 0 Å². The van der Waals surface area contributed by atoms with Crippen LogP contribution < -0.4 is 15.8 Å². The van der Waals surface area contributed by atoms with Crippen molar-refractivity contribution < 1.29 is 9.47 Å². The van der Waals surface area contributed by atoms with Crippen LogP contribution in [0, 0.1) is 5.92 Å². The average molecular weight is 251 g/mol. The monoisotopic (exact) mass is 251 g/mol. The van der Waals surface area contributed by atoms with E-state index in [4.69, 9.17) is 15.2 Å². The highest BCUT2D eigenvalue weighted by Gasteiger charge is 2.20. The van der Waals surface area contributed by atoms with Gasteiger partial charge in [0.05, 0.1) is 18.9 Å². The summed E-state index contributed by atoms with van der Waals surface area (Å²) in [5.41, 5.74) is 6.31. The van der Waals surface area contributed by atoms with Crippen LogP contribution in [0.5, 0.6) is 5.88 Å². The van der Waals surface area contributed by atoms with E-state index < -0.39 is 0 Å². The molecule has 5 nitrogen and oxygen atoms in total. The summed E-state index contributed by atoms with van der Waals surface area (Å²) in [7, 11) is 0. The van der Waals surface area contributed by atoms with E-state index in [0.717, 1.165) is 24.9 Å². The summed E-state index contributed by atoms with van der Waals surface area (Å²) in [6.07, 6.45) is 2.65. The van der Waals surface area contributed by atoms with Gasteiger partial charge in [0.25, 0.3) is 0 Å². The topological polar surface area (TPSA) is 69.4 Å². The number of pyridine rings is 1. The van der Waals surface area contributed by atoms with Crippen molar-refractivity contribution in [1.82, 2.24) is 4.98 Å². The number of nitrogen functional groups attached to an aromatic ring is 1. The number of nitrogens with zero attached hydrogens (tertiary/aromatic N) is 1. The molecule has 0 spiro atoms. The van der Waals surface area contributed by atoms with Crippen LogP contribution in [0.2, 0.25) is 0 Å². The van der Waals surface area contributed by atoms with E-state index in [1.165, 1.54) is 12.8 Å². The molecule has 1 heterocycles. The van der Waals surface area contributed by atoms with Crippen molar-refractivity contribution in [2.24, 2.45) is 5.92 Å². The minimum atomic E-state index is 0.487. The van der Waals surface area contributed by atoms with E-state index in [0.29, 0.717) is 24.8 Å². The molecular weight excluding hydrogens is 230 g/mol. The molecule has 0 bridgehead atoms. The summed E-state index contributed by atoms with van der Waals surface area (Å²) in [5.74, 6) is 2.06. The summed E-state index contributed by atoms with van der Waals surface area (Å²) in [5, 5.41) is 3.19. The minimum absolute atomic E-state index is 0.487. The fourth-order valence-corrected chi connectivity index (χ4v) is 1.59. The predicted octanol–water partition coefficient (Wildman–Crippen LogP) is 1.90. The molecule has 0 amide bonds. The third-order valence-electron chi connectivity index (χ3n) is 2.77. The summed E-state index contributed by atoms with van der Waals surface area (Å²) in [6.45, 7) is 4.81. The van der Waals surface area contributed by atoms with Crippen LogP contribution in [0.15, 0.2) is 12.1 Å². The van der Waals surface area contributed by atoms with Crippen LogP contribution in [-0.2, 0) is 4.74 Å². The highest BCUT2D eigenvalue weighted by atomic mass is 16.5. The summed E-state index contributed by atoms with van der Waals surface area (Å²) < 4.78 is 10.9. The summed E-state index contributed by atoms with van der Waals surface area (Å²) in [6, 6.07) is 3.64. The smallest absolute Gasteiger partial charge is 0.239 e. The lowest BCUT2D eigenvalue weighted by atomic mass is 10.4. The molecular formula is C13H21N3O2. The molecule has 0 unspecified atom stereocenters. The van der Waals surface area contributed by atoms with E-state index in [1.54, 1.807) is 6.07 Å². The molecule has 1 aliphatic rings. The van der Waals surface area contributed by atoms with Gasteiger partial charge in [-0.1, -0.05) is 0 Å². The third kappa shape index (κ3) is 4.07. The van der Waals surface area contributed by atoms with E-state index in [-0.39, 0.29) is 0 Å². The maximum atomic E-state index is 5.75. The summed E-state index contributed by atoms with van der Waals surface area (Å²) >= 11 is 0. The molecule has 1 fully saturated rings. The Morgan fingerprint density at radius 2 is 2.28 bits per heavy atom. The Kier molecular flexibility index (Phi) is 4.64. The summed E-state index contributed by atoms with van der Waals surface area (Å²) in [4.78, 5) is 4.29. The Hall–Kier alpha value is -1.49. The highest BCUT2D eigenvalue weighted by molar-refractivity contribution is 5.53. The van der Waals surface area contributed by atoms with Crippen molar-refractivity contribution in [1.29, 1.82) is 0 Å². The molecule has 0 radical (unpaired) electrons. The molecule has 18 heavy (non-hydrogen) atoms. The van der Waals surface area contributed by atoms with Crippen molar-refractivity contribution in [3.63, 3.8) is 0 Å². The SMILES string of the molecule is CCOc1nc(NCCOCC2CC2)ccc1N. The lowest BCUT2D eigenvalue weighted by Crippen LogP contribution is -2.12. The standard InChI is InChI=1S/C13H21N3O2/c1-2-18-13-11(14)5-6-12(16-13)15-7-8-17-9-10-3-4-10/h5-6,10H,2-4,7-9,14H2,1H3,(H,15,16). The normalized spacial score (nSPS) is 14.5. The van der Waals surface area contributed by atoms with Gasteiger partial charge in [0.1, 0.15) is 5.82 Å². The first-order chi connectivity index (χ1) is 8.79. The molecule has 1 aromatic heterocycles. The molecule has 1 saturated carbocycles. The minimum Gasteiger partial charge on any atom is -0.476 e. The number of nitrogens with two attached hydrogens (primary N) is 1. The molecule has 5 heteroatoms. The predicted molar refractivity (Wildman–Crippen MR) is 71.9 cm³/mol. The van der Waals surface area contributed by atoms with Gasteiger partial charge in [0.2, 0.25) is 5.88 Å². The average Bonchev–Trinajstić information content (AvgIpc) is 3.17. The van der Waals surface area contributed by atoms with Crippen molar-refractivity contribution in [2.75, 3.05) is 37.4 Å². The Morgan fingerprint density at radius 3 is 3.00 bits per heavy atom.